The fourth-order valence-corrected chi connectivity index (χ4v) is 5.45. The molecule has 0 N–H and O–H groups in total. The molecule has 5 nitrogen and oxygen atoms in total. The first-order valence-corrected chi connectivity index (χ1v) is 18.3. The molecule has 1 unspecified atom stereocenters. The molecular weight excluding hydrogens is 584 g/mol. The minimum absolute atomic E-state index is 0.317. The zero-order valence-electron chi connectivity index (χ0n) is 29.3. The first-order valence-electron chi connectivity index (χ1n) is 18.3. The lowest BCUT2D eigenvalue weighted by Crippen LogP contribution is -2.12. The van der Waals surface area contributed by atoms with Gasteiger partial charge in [-0.3, -0.25) is 0 Å². The Kier molecular flexibility index (Phi) is 18.4. The number of hydrogen-bond donors (Lipinski definition) is 0. The van der Waals surface area contributed by atoms with E-state index in [0.29, 0.717) is 29.4 Å². The van der Waals surface area contributed by atoms with Gasteiger partial charge in [0.2, 0.25) is 0 Å². The van der Waals surface area contributed by atoms with Gasteiger partial charge in [-0.2, -0.15) is 0 Å². The van der Waals surface area contributed by atoms with Crippen molar-refractivity contribution >= 4 is 11.9 Å². The molecule has 0 saturated heterocycles. The van der Waals surface area contributed by atoms with Crippen LogP contribution in [0.25, 0.3) is 11.1 Å². The van der Waals surface area contributed by atoms with E-state index in [1.165, 1.54) is 89.9 Å². The highest BCUT2D eigenvalue weighted by Gasteiger charge is 2.12. The molecule has 3 aromatic carbocycles. The van der Waals surface area contributed by atoms with Gasteiger partial charge in [-0.15, -0.1) is 0 Å². The van der Waals surface area contributed by atoms with E-state index in [4.69, 9.17) is 14.2 Å². The third-order valence-electron chi connectivity index (χ3n) is 8.82. The predicted octanol–water partition coefficient (Wildman–Crippen LogP) is 12.0. The molecule has 0 aromatic heterocycles. The Morgan fingerprint density at radius 2 is 0.957 bits per heavy atom. The van der Waals surface area contributed by atoms with Crippen molar-refractivity contribution in [1.29, 1.82) is 0 Å². The van der Waals surface area contributed by atoms with E-state index in [2.05, 4.69) is 13.8 Å². The van der Waals surface area contributed by atoms with Crippen LogP contribution in [-0.2, 0) is 4.74 Å². The third-order valence-corrected chi connectivity index (χ3v) is 8.82. The molecule has 0 radical (unpaired) electrons. The number of benzene rings is 3. The summed E-state index contributed by atoms with van der Waals surface area (Å²) in [7, 11) is 0. The summed E-state index contributed by atoms with van der Waals surface area (Å²) in [6.07, 6.45) is 21.3. The number of carbonyl (C=O) groups excluding carboxylic acids is 2. The minimum Gasteiger partial charge on any atom is -0.494 e. The molecule has 0 aliphatic heterocycles. The van der Waals surface area contributed by atoms with Crippen molar-refractivity contribution in [3.8, 4) is 22.6 Å². The quantitative estimate of drug-likeness (QED) is 0.0553. The summed E-state index contributed by atoms with van der Waals surface area (Å²) in [6.45, 7) is 7.52. The summed E-state index contributed by atoms with van der Waals surface area (Å²) in [6, 6.07) is 21.9. The van der Waals surface area contributed by atoms with Gasteiger partial charge < -0.3 is 14.2 Å². The molecule has 47 heavy (non-hydrogen) atoms. The van der Waals surface area contributed by atoms with Gasteiger partial charge in [0.05, 0.1) is 24.3 Å². The molecule has 0 saturated carbocycles. The first-order chi connectivity index (χ1) is 23.0. The molecule has 5 heteroatoms. The average Bonchev–Trinajstić information content (AvgIpc) is 3.11. The van der Waals surface area contributed by atoms with Crippen molar-refractivity contribution in [2.24, 2.45) is 5.92 Å². The number of esters is 2. The molecule has 3 rings (SSSR count). The van der Waals surface area contributed by atoms with Crippen LogP contribution in [0.3, 0.4) is 0 Å². The lowest BCUT2D eigenvalue weighted by molar-refractivity contribution is 0.0447. The highest BCUT2D eigenvalue weighted by Crippen LogP contribution is 2.24. The lowest BCUT2D eigenvalue weighted by atomic mass is 10.0. The molecule has 0 aliphatic rings. The number of carbonyl (C=O) groups is 2. The van der Waals surface area contributed by atoms with Gasteiger partial charge in [0.1, 0.15) is 11.5 Å². The molecule has 0 amide bonds. The number of ether oxygens (including phenoxy) is 3. The SMILES string of the molecule is CCCCCCCCCCCCCCCCCOc1ccc(-c2ccc(C(=O)Oc3ccc(C(=O)OCC(C)CC)cc3)cc2)cc1. The van der Waals surface area contributed by atoms with Crippen LogP contribution >= 0.6 is 0 Å². The van der Waals surface area contributed by atoms with Crippen LogP contribution in [0.4, 0.5) is 0 Å². The molecular formula is C42H58O5. The Hall–Kier alpha value is -3.60. The molecule has 0 spiro atoms. The molecule has 1 atom stereocenters. The van der Waals surface area contributed by atoms with E-state index >= 15 is 0 Å². The maximum atomic E-state index is 12.7. The van der Waals surface area contributed by atoms with E-state index in [1.807, 2.05) is 43.3 Å². The van der Waals surface area contributed by atoms with Crippen LogP contribution in [0.15, 0.2) is 72.8 Å². The van der Waals surface area contributed by atoms with Crippen LogP contribution in [0.5, 0.6) is 11.5 Å². The maximum absolute atomic E-state index is 12.7. The summed E-state index contributed by atoms with van der Waals surface area (Å²) >= 11 is 0. The van der Waals surface area contributed by atoms with Gasteiger partial charge in [0.15, 0.2) is 0 Å². The molecule has 0 bridgehead atoms. The molecule has 0 aliphatic carbocycles. The van der Waals surface area contributed by atoms with Gasteiger partial charge >= 0.3 is 11.9 Å². The Balaban J connectivity index is 1.27. The summed E-state index contributed by atoms with van der Waals surface area (Å²) in [5, 5.41) is 0. The maximum Gasteiger partial charge on any atom is 0.343 e. The zero-order chi connectivity index (χ0) is 33.5. The number of rotatable bonds is 24. The Morgan fingerprint density at radius 3 is 1.47 bits per heavy atom. The van der Waals surface area contributed by atoms with Gasteiger partial charge in [-0.1, -0.05) is 141 Å². The topological polar surface area (TPSA) is 61.8 Å². The van der Waals surface area contributed by atoms with E-state index in [1.54, 1.807) is 36.4 Å². The standard InChI is InChI=1S/C42H58O5/c1-4-6-7-8-9-10-11-12-13-14-15-16-17-18-19-32-45-39-28-24-36(25-29-39)35-20-22-38(23-21-35)42(44)47-40-30-26-37(27-31-40)41(43)46-33-34(3)5-2/h20-31,34H,4-19,32-33H2,1-3H3. The average molecular weight is 643 g/mol. The second-order valence-corrected chi connectivity index (χ2v) is 12.9. The zero-order valence-corrected chi connectivity index (χ0v) is 29.3. The number of unbranched alkanes of at least 4 members (excludes halogenated alkanes) is 14. The Bertz CT molecular complexity index is 1260. The summed E-state index contributed by atoms with van der Waals surface area (Å²) in [5.41, 5.74) is 2.95. The summed E-state index contributed by atoms with van der Waals surface area (Å²) in [4.78, 5) is 24.9. The first kappa shape index (κ1) is 37.9. The van der Waals surface area contributed by atoms with E-state index < -0.39 is 5.97 Å². The molecule has 0 heterocycles. The van der Waals surface area contributed by atoms with Crippen LogP contribution in [0, 0.1) is 5.92 Å². The largest absolute Gasteiger partial charge is 0.494 e. The summed E-state index contributed by atoms with van der Waals surface area (Å²) < 4.78 is 16.8. The molecule has 0 fully saturated rings. The minimum atomic E-state index is -0.453. The van der Waals surface area contributed by atoms with Crippen LogP contribution in [0.2, 0.25) is 0 Å². The van der Waals surface area contributed by atoms with Crippen molar-refractivity contribution in [2.45, 2.75) is 124 Å². The highest BCUT2D eigenvalue weighted by molar-refractivity contribution is 5.92. The predicted molar refractivity (Wildman–Crippen MR) is 193 cm³/mol. The summed E-state index contributed by atoms with van der Waals surface area (Å²) in [5.74, 6) is 0.744. The van der Waals surface area contributed by atoms with Crippen molar-refractivity contribution in [2.75, 3.05) is 13.2 Å². The highest BCUT2D eigenvalue weighted by atomic mass is 16.5. The Morgan fingerprint density at radius 1 is 0.532 bits per heavy atom. The second-order valence-electron chi connectivity index (χ2n) is 12.9. The second kappa shape index (κ2) is 22.8. The van der Waals surface area contributed by atoms with Gasteiger partial charge in [-0.25, -0.2) is 9.59 Å². The lowest BCUT2D eigenvalue weighted by Gasteiger charge is -2.10. The van der Waals surface area contributed by atoms with E-state index in [9.17, 15) is 9.59 Å². The van der Waals surface area contributed by atoms with Crippen LogP contribution in [0.1, 0.15) is 144 Å². The molecule has 3 aromatic rings. The monoisotopic (exact) mass is 642 g/mol. The Labute approximate surface area is 284 Å². The smallest absolute Gasteiger partial charge is 0.343 e. The van der Waals surface area contributed by atoms with Crippen molar-refractivity contribution in [3.05, 3.63) is 83.9 Å². The fraction of sp³-hybridized carbons (Fsp3) is 0.524. The van der Waals surface area contributed by atoms with Gasteiger partial charge in [0, 0.05) is 0 Å². The van der Waals surface area contributed by atoms with Gasteiger partial charge in [0.25, 0.3) is 0 Å². The fourth-order valence-electron chi connectivity index (χ4n) is 5.45. The molecule has 256 valence electrons. The van der Waals surface area contributed by atoms with Crippen molar-refractivity contribution < 1.29 is 23.8 Å². The normalized spacial score (nSPS) is 11.6. The number of hydrogen-bond acceptors (Lipinski definition) is 5. The van der Waals surface area contributed by atoms with Crippen molar-refractivity contribution in [1.82, 2.24) is 0 Å². The van der Waals surface area contributed by atoms with E-state index in [-0.39, 0.29) is 5.97 Å². The van der Waals surface area contributed by atoms with E-state index in [0.717, 1.165) is 36.3 Å². The third kappa shape index (κ3) is 15.2. The van der Waals surface area contributed by atoms with Crippen LogP contribution < -0.4 is 9.47 Å². The van der Waals surface area contributed by atoms with Crippen molar-refractivity contribution in [3.63, 3.8) is 0 Å². The van der Waals surface area contributed by atoms with Crippen LogP contribution in [-0.4, -0.2) is 25.2 Å². The van der Waals surface area contributed by atoms with Gasteiger partial charge in [-0.05, 0) is 72.0 Å².